The number of nitrogens with two attached hydrogens (primary N) is 1. The first-order valence-corrected chi connectivity index (χ1v) is 17.7. The zero-order valence-electron chi connectivity index (χ0n) is 30.0. The van der Waals surface area contributed by atoms with Crippen molar-refractivity contribution in [2.45, 2.75) is 83.2 Å². The molecule has 2 aliphatic carbocycles. The largest absolute Gasteiger partial charge is 1.00 e. The van der Waals surface area contributed by atoms with Crippen molar-refractivity contribution >= 4 is 29.7 Å². The molecule has 51 heavy (non-hydrogen) atoms. The maximum absolute atomic E-state index is 12.5. The number of hydrogen-bond acceptors (Lipinski definition) is 9. The molecule has 4 saturated heterocycles. The molecule has 4 heterocycles. The van der Waals surface area contributed by atoms with Crippen molar-refractivity contribution in [3.8, 4) is 0 Å². The molecule has 0 radical (unpaired) electrons. The van der Waals surface area contributed by atoms with Crippen LogP contribution in [-0.2, 0) is 46.5 Å². The average molecular weight is 729 g/mol. The van der Waals surface area contributed by atoms with Crippen LogP contribution in [0.15, 0.2) is 60.7 Å². The molecule has 2 aromatic carbocycles. The second kappa shape index (κ2) is 19.8. The van der Waals surface area contributed by atoms with E-state index in [-0.39, 0.29) is 120 Å². The van der Waals surface area contributed by atoms with Crippen LogP contribution in [-0.4, -0.2) is 96.6 Å². The van der Waals surface area contributed by atoms with Gasteiger partial charge < -0.3 is 36.5 Å². The molecule has 0 spiro atoms. The van der Waals surface area contributed by atoms with Crippen LogP contribution in [0.3, 0.4) is 0 Å². The Labute approximate surface area is 345 Å². The molecule has 6 aliphatic rings. The number of rotatable bonds is 8. The molecule has 4 aliphatic heterocycles. The van der Waals surface area contributed by atoms with Gasteiger partial charge in [-0.05, 0) is 49.3 Å². The molecule has 6 fully saturated rings. The molecule has 2 amide bonds. The van der Waals surface area contributed by atoms with Gasteiger partial charge in [0.1, 0.15) is 6.29 Å². The smallest absolute Gasteiger partial charge is 1.00 e. The van der Waals surface area contributed by atoms with Crippen LogP contribution in [0.1, 0.15) is 58.5 Å². The maximum atomic E-state index is 12.5. The van der Waals surface area contributed by atoms with Crippen molar-refractivity contribution in [3.63, 3.8) is 0 Å². The van der Waals surface area contributed by atoms with Crippen LogP contribution in [0.4, 0.5) is 0 Å². The summed E-state index contributed by atoms with van der Waals surface area (Å²) in [6.07, 6.45) is 6.51. The van der Waals surface area contributed by atoms with E-state index in [1.165, 1.54) is 12.8 Å². The van der Waals surface area contributed by atoms with E-state index in [1.807, 2.05) is 60.7 Å². The fraction of sp³-hybridized carbons (Fsp3) is 0.564. The molecule has 2 saturated carbocycles. The molecular weight excluding hydrogens is 676 g/mol. The summed E-state index contributed by atoms with van der Waals surface area (Å²) >= 11 is 0. The predicted octanol–water partition coefficient (Wildman–Crippen LogP) is 0.0494. The van der Waals surface area contributed by atoms with E-state index in [0.717, 1.165) is 42.7 Å². The van der Waals surface area contributed by atoms with Crippen LogP contribution in [0.5, 0.6) is 0 Å². The molecule has 11 nitrogen and oxygen atoms in total. The summed E-state index contributed by atoms with van der Waals surface area (Å²) < 4.78 is 11.3. The zero-order chi connectivity index (χ0) is 34.3. The molecule has 0 aromatic heterocycles. The Hall–Kier alpha value is -2.13. The number of likely N-dealkylation sites (tertiary alicyclic amines) is 2. The monoisotopic (exact) mass is 728 g/mol. The van der Waals surface area contributed by atoms with Crippen molar-refractivity contribution in [3.05, 3.63) is 71.8 Å². The van der Waals surface area contributed by atoms with Gasteiger partial charge in [0.05, 0.1) is 38.5 Å². The van der Waals surface area contributed by atoms with Crippen molar-refractivity contribution in [2.24, 2.45) is 29.4 Å². The maximum Gasteiger partial charge on any atom is 1.00 e. The summed E-state index contributed by atoms with van der Waals surface area (Å²) in [4.78, 5) is 61.8. The van der Waals surface area contributed by atoms with Gasteiger partial charge in [0.2, 0.25) is 11.6 Å². The minimum absolute atomic E-state index is 0. The van der Waals surface area contributed by atoms with Crippen LogP contribution in [0.25, 0.3) is 0 Å². The van der Waals surface area contributed by atoms with E-state index >= 15 is 0 Å². The van der Waals surface area contributed by atoms with Gasteiger partial charge in [-0.15, -0.1) is 0 Å². The molecular formula is C39H53KN4O7. The number of nitrogens with one attached hydrogen (secondary N) is 1. The number of piperidine rings is 2. The van der Waals surface area contributed by atoms with Crippen molar-refractivity contribution in [1.29, 1.82) is 0 Å². The predicted molar refractivity (Wildman–Crippen MR) is 189 cm³/mol. The minimum atomic E-state index is -0.409. The van der Waals surface area contributed by atoms with Crippen molar-refractivity contribution < 1.29 is 86.3 Å². The third kappa shape index (κ3) is 11.2. The molecule has 2 aromatic rings. The normalized spacial score (nSPS) is 28.3. The Morgan fingerprint density at radius 1 is 0.725 bits per heavy atom. The van der Waals surface area contributed by atoms with Crippen LogP contribution in [0, 0.1) is 23.7 Å². The third-order valence-corrected chi connectivity index (χ3v) is 10.5. The molecule has 3 N–H and O–H groups in total. The van der Waals surface area contributed by atoms with Crippen LogP contribution >= 0.6 is 0 Å². The first-order valence-electron chi connectivity index (χ1n) is 17.7. The Morgan fingerprint density at radius 2 is 1.22 bits per heavy atom. The standard InChI is InChI=1S/C19H24N2O3.C15H18N2O3.C4H6O.CH4.K.H/c22-18-8-15-16(20-9-13-6-7-13)11-24-12-17(15)21(19(18)23)10-14-4-2-1-3-5-14;16-12-8-20-9-13-11(12)6-14(18)15(19)17(13)7-10-4-2-1-3-5-10;5-3-4-1-2-4;;;/h1-5,13,15-17,20H,6-12H2;1-5,11-13H,6-9,16H2;3-4H,1-2H2;1H4;;/q;;;;+1;-1/t15-,16+,17-;11-,12+,13-;;;;/m11..../s1. The summed E-state index contributed by atoms with van der Waals surface area (Å²) in [5.74, 6) is 0.0528. The Balaban J connectivity index is 0.000000237. The first kappa shape index (κ1) is 41.6. The number of carbonyl (C=O) groups excluding carboxylic acids is 5. The van der Waals surface area contributed by atoms with Gasteiger partial charge in [-0.1, -0.05) is 68.1 Å². The molecule has 6 atom stereocenters. The van der Waals surface area contributed by atoms with Gasteiger partial charge >= 0.3 is 51.4 Å². The second-order valence-corrected chi connectivity index (χ2v) is 14.2. The zero-order valence-corrected chi connectivity index (χ0v) is 32.1. The molecule has 12 heteroatoms. The van der Waals surface area contributed by atoms with Gasteiger partial charge in [0.15, 0.2) is 0 Å². The number of hydrogen-bond donors (Lipinski definition) is 2. The summed E-state index contributed by atoms with van der Waals surface area (Å²) in [7, 11) is 0. The van der Waals surface area contributed by atoms with Gasteiger partial charge in [-0.25, -0.2) is 0 Å². The first-order chi connectivity index (χ1) is 23.8. The Bertz CT molecular complexity index is 1480. The molecule has 0 unspecified atom stereocenters. The van der Waals surface area contributed by atoms with E-state index in [1.54, 1.807) is 9.80 Å². The quantitative estimate of drug-likeness (QED) is 0.219. The van der Waals surface area contributed by atoms with E-state index in [0.29, 0.717) is 51.9 Å². The SMILES string of the molecule is C.N[C@H]1COC[C@@H]2[C@@H]1CC(=O)C(=O)N2Cc1ccccc1.O=C1C[C@@H]2[C@@H](NCC3CC3)COC[C@H]2N(Cc2ccccc2)C1=O.O=CC1CC1.[H-].[K+]. The second-order valence-electron chi connectivity index (χ2n) is 14.2. The Morgan fingerprint density at radius 3 is 1.69 bits per heavy atom. The topological polar surface area (TPSA) is 148 Å². The Kier molecular flexibility index (Phi) is 16.2. The van der Waals surface area contributed by atoms with Crippen molar-refractivity contribution in [1.82, 2.24) is 15.1 Å². The number of Topliss-reactive ketones (excluding diaryl/α,β-unsaturated/α-hetero) is 2. The van der Waals surface area contributed by atoms with Gasteiger partial charge in [0.25, 0.3) is 11.8 Å². The summed E-state index contributed by atoms with van der Waals surface area (Å²) in [6.45, 7) is 3.99. The number of ketones is 2. The minimum Gasteiger partial charge on any atom is -1.00 e. The fourth-order valence-electron chi connectivity index (χ4n) is 7.14. The average Bonchev–Trinajstić information content (AvgIpc) is 4.06. The van der Waals surface area contributed by atoms with Gasteiger partial charge in [-0.2, -0.15) is 0 Å². The van der Waals surface area contributed by atoms with E-state index in [9.17, 15) is 24.0 Å². The molecule has 8 rings (SSSR count). The van der Waals surface area contributed by atoms with Gasteiger partial charge in [-0.3, -0.25) is 19.2 Å². The number of aldehydes is 1. The number of nitrogens with zero attached hydrogens (tertiary/aromatic N) is 2. The number of ether oxygens (including phenoxy) is 2. The summed E-state index contributed by atoms with van der Waals surface area (Å²) in [6, 6.07) is 19.4. The molecule has 0 bridgehead atoms. The fourth-order valence-corrected chi connectivity index (χ4v) is 7.14. The number of amides is 2. The number of benzene rings is 2. The van der Waals surface area contributed by atoms with Crippen LogP contribution < -0.4 is 62.4 Å². The van der Waals surface area contributed by atoms with E-state index < -0.39 is 5.91 Å². The van der Waals surface area contributed by atoms with E-state index in [2.05, 4.69) is 5.32 Å². The summed E-state index contributed by atoms with van der Waals surface area (Å²) in [5, 5.41) is 3.59. The number of carbonyl (C=O) groups is 5. The third-order valence-electron chi connectivity index (χ3n) is 10.5. The number of fused-ring (bicyclic) bond motifs is 2. The van der Waals surface area contributed by atoms with Crippen LogP contribution in [0.2, 0.25) is 0 Å². The van der Waals surface area contributed by atoms with Gasteiger partial charge in [0, 0.05) is 55.8 Å². The van der Waals surface area contributed by atoms with Crippen molar-refractivity contribution in [2.75, 3.05) is 33.0 Å². The van der Waals surface area contributed by atoms with E-state index in [4.69, 9.17) is 15.2 Å². The summed E-state index contributed by atoms with van der Waals surface area (Å²) in [5.41, 5.74) is 8.09. The molecule has 272 valence electrons.